The Hall–Kier alpha value is -4.07. The molecule has 0 saturated heterocycles. The SMILES string of the molecule is COc1ccc(CC(=O)Nc2cccc3c(=O)n(-c4cc(C)on4)ccc23)c(OC)c1. The van der Waals surface area contributed by atoms with Gasteiger partial charge in [0.25, 0.3) is 5.56 Å². The average Bonchev–Trinajstić information content (AvgIpc) is 3.20. The van der Waals surface area contributed by atoms with E-state index in [0.717, 1.165) is 5.56 Å². The Labute approximate surface area is 178 Å². The van der Waals surface area contributed by atoms with Gasteiger partial charge in [0, 0.05) is 40.4 Å². The first kappa shape index (κ1) is 20.2. The molecule has 0 fully saturated rings. The third kappa shape index (κ3) is 4.00. The molecule has 2 aromatic carbocycles. The molecular weight excluding hydrogens is 398 g/mol. The Morgan fingerprint density at radius 1 is 1.10 bits per heavy atom. The van der Waals surface area contributed by atoms with Crippen molar-refractivity contribution in [3.8, 4) is 17.3 Å². The van der Waals surface area contributed by atoms with E-state index < -0.39 is 0 Å². The van der Waals surface area contributed by atoms with Gasteiger partial charge in [0.05, 0.1) is 20.6 Å². The zero-order valence-electron chi connectivity index (χ0n) is 17.3. The number of nitrogens with one attached hydrogen (secondary N) is 1. The number of rotatable bonds is 6. The largest absolute Gasteiger partial charge is 0.497 e. The van der Waals surface area contributed by atoms with Gasteiger partial charge < -0.3 is 19.3 Å². The fourth-order valence-electron chi connectivity index (χ4n) is 3.40. The van der Waals surface area contributed by atoms with Gasteiger partial charge in [-0.15, -0.1) is 0 Å². The summed E-state index contributed by atoms with van der Waals surface area (Å²) >= 11 is 0. The predicted molar refractivity (Wildman–Crippen MR) is 116 cm³/mol. The molecule has 0 aliphatic rings. The van der Waals surface area contributed by atoms with Crippen LogP contribution < -0.4 is 20.3 Å². The van der Waals surface area contributed by atoms with Crippen LogP contribution in [-0.4, -0.2) is 29.9 Å². The number of pyridine rings is 1. The zero-order chi connectivity index (χ0) is 22.0. The van der Waals surface area contributed by atoms with E-state index in [2.05, 4.69) is 10.5 Å². The lowest BCUT2D eigenvalue weighted by Gasteiger charge is -2.12. The Kier molecular flexibility index (Phi) is 5.44. The van der Waals surface area contributed by atoms with Gasteiger partial charge in [0.1, 0.15) is 17.3 Å². The fraction of sp³-hybridized carbons (Fsp3) is 0.174. The number of aromatic nitrogens is 2. The normalized spacial score (nSPS) is 10.8. The summed E-state index contributed by atoms with van der Waals surface area (Å²) in [6.45, 7) is 1.76. The van der Waals surface area contributed by atoms with E-state index in [-0.39, 0.29) is 17.9 Å². The minimum Gasteiger partial charge on any atom is -0.497 e. The molecule has 0 atom stereocenters. The van der Waals surface area contributed by atoms with Gasteiger partial charge in [-0.25, -0.2) is 0 Å². The van der Waals surface area contributed by atoms with Crippen LogP contribution in [-0.2, 0) is 11.2 Å². The van der Waals surface area contributed by atoms with Gasteiger partial charge in [0.15, 0.2) is 5.82 Å². The van der Waals surface area contributed by atoms with Gasteiger partial charge in [-0.05, 0) is 31.2 Å². The van der Waals surface area contributed by atoms with Crippen molar-refractivity contribution >= 4 is 22.4 Å². The third-order valence-electron chi connectivity index (χ3n) is 4.93. The summed E-state index contributed by atoms with van der Waals surface area (Å²) in [6.07, 6.45) is 1.73. The first-order valence-electron chi connectivity index (χ1n) is 9.59. The van der Waals surface area contributed by atoms with Crippen LogP contribution in [0.2, 0.25) is 0 Å². The van der Waals surface area contributed by atoms with E-state index in [1.165, 1.54) is 4.57 Å². The van der Waals surface area contributed by atoms with Crippen molar-refractivity contribution in [3.05, 3.63) is 76.4 Å². The minimum absolute atomic E-state index is 0.110. The van der Waals surface area contributed by atoms with Crippen molar-refractivity contribution in [2.24, 2.45) is 0 Å². The van der Waals surface area contributed by atoms with Crippen molar-refractivity contribution in [1.29, 1.82) is 0 Å². The van der Waals surface area contributed by atoms with Crippen LogP contribution in [0.25, 0.3) is 16.6 Å². The summed E-state index contributed by atoms with van der Waals surface area (Å²) in [6, 6.07) is 13.9. The van der Waals surface area contributed by atoms with Gasteiger partial charge in [0.2, 0.25) is 5.91 Å². The number of ether oxygens (including phenoxy) is 2. The third-order valence-corrected chi connectivity index (χ3v) is 4.93. The number of nitrogens with zero attached hydrogens (tertiary/aromatic N) is 2. The van der Waals surface area contributed by atoms with Crippen LogP contribution in [0.5, 0.6) is 11.5 Å². The van der Waals surface area contributed by atoms with Crippen molar-refractivity contribution < 1.29 is 18.8 Å². The quantitative estimate of drug-likeness (QED) is 0.514. The number of carbonyl (C=O) groups is 1. The molecular formula is C23H21N3O5. The first-order chi connectivity index (χ1) is 15.0. The molecule has 0 spiro atoms. The van der Waals surface area contributed by atoms with E-state index in [4.69, 9.17) is 14.0 Å². The first-order valence-corrected chi connectivity index (χ1v) is 9.59. The van der Waals surface area contributed by atoms with E-state index in [9.17, 15) is 9.59 Å². The second-order valence-corrected chi connectivity index (χ2v) is 6.96. The molecule has 8 heteroatoms. The molecule has 0 unspecified atom stereocenters. The molecule has 31 heavy (non-hydrogen) atoms. The summed E-state index contributed by atoms with van der Waals surface area (Å²) in [7, 11) is 3.11. The Balaban J connectivity index is 1.62. The van der Waals surface area contributed by atoms with Crippen molar-refractivity contribution in [2.75, 3.05) is 19.5 Å². The molecule has 1 N–H and O–H groups in total. The highest BCUT2D eigenvalue weighted by Gasteiger charge is 2.14. The number of methoxy groups -OCH3 is 2. The zero-order valence-corrected chi connectivity index (χ0v) is 17.3. The highest BCUT2D eigenvalue weighted by Crippen LogP contribution is 2.26. The summed E-state index contributed by atoms with van der Waals surface area (Å²) in [5.74, 6) is 2.00. The van der Waals surface area contributed by atoms with Crippen LogP contribution in [0.15, 0.2) is 64.0 Å². The molecule has 0 radical (unpaired) electrons. The second-order valence-electron chi connectivity index (χ2n) is 6.96. The maximum atomic E-state index is 13.0. The number of carbonyl (C=O) groups excluding carboxylic acids is 1. The number of benzene rings is 2. The van der Waals surface area contributed by atoms with Crippen LogP contribution >= 0.6 is 0 Å². The van der Waals surface area contributed by atoms with Crippen LogP contribution in [0.1, 0.15) is 11.3 Å². The van der Waals surface area contributed by atoms with Crippen molar-refractivity contribution in [2.45, 2.75) is 13.3 Å². The predicted octanol–water partition coefficient (Wildman–Crippen LogP) is 3.49. The molecule has 0 saturated carbocycles. The lowest BCUT2D eigenvalue weighted by Crippen LogP contribution is -2.19. The maximum Gasteiger partial charge on any atom is 0.264 e. The maximum absolute atomic E-state index is 13.0. The molecule has 158 valence electrons. The molecule has 4 rings (SSSR count). The van der Waals surface area contributed by atoms with E-state index in [1.807, 2.05) is 0 Å². The number of hydrogen-bond acceptors (Lipinski definition) is 6. The number of amides is 1. The number of aryl methyl sites for hydroxylation is 1. The molecule has 1 amide bonds. The van der Waals surface area contributed by atoms with Gasteiger partial charge in [-0.3, -0.25) is 14.2 Å². The second kappa shape index (κ2) is 8.35. The number of fused-ring (bicyclic) bond motifs is 1. The van der Waals surface area contributed by atoms with Crippen molar-refractivity contribution in [1.82, 2.24) is 9.72 Å². The average molecular weight is 419 g/mol. The van der Waals surface area contributed by atoms with Gasteiger partial charge in [-0.1, -0.05) is 17.3 Å². The molecule has 0 aliphatic heterocycles. The highest BCUT2D eigenvalue weighted by atomic mass is 16.5. The van der Waals surface area contributed by atoms with Crippen LogP contribution in [0.4, 0.5) is 5.69 Å². The smallest absolute Gasteiger partial charge is 0.264 e. The van der Waals surface area contributed by atoms with E-state index >= 15 is 0 Å². The standard InChI is InChI=1S/C23H21N3O5/c1-14-11-21(25-31-14)26-10-9-17-18(23(26)28)5-4-6-19(17)24-22(27)12-15-7-8-16(29-2)13-20(15)30-3/h4-11,13H,12H2,1-3H3,(H,24,27). The topological polar surface area (TPSA) is 95.6 Å². The molecule has 0 bridgehead atoms. The lowest BCUT2D eigenvalue weighted by molar-refractivity contribution is -0.115. The number of anilines is 1. The molecule has 2 heterocycles. The Morgan fingerprint density at radius 2 is 1.94 bits per heavy atom. The molecule has 2 aromatic heterocycles. The van der Waals surface area contributed by atoms with Crippen molar-refractivity contribution in [3.63, 3.8) is 0 Å². The molecule has 0 aliphatic carbocycles. The molecule has 8 nitrogen and oxygen atoms in total. The Bertz CT molecular complexity index is 1320. The monoisotopic (exact) mass is 419 g/mol. The van der Waals surface area contributed by atoms with Crippen LogP contribution in [0.3, 0.4) is 0 Å². The van der Waals surface area contributed by atoms with Crippen LogP contribution in [0, 0.1) is 6.92 Å². The summed E-state index contributed by atoms with van der Waals surface area (Å²) in [5.41, 5.74) is 1.03. The van der Waals surface area contributed by atoms with Gasteiger partial charge >= 0.3 is 0 Å². The Morgan fingerprint density at radius 3 is 2.65 bits per heavy atom. The van der Waals surface area contributed by atoms with Gasteiger partial charge in [-0.2, -0.15) is 0 Å². The van der Waals surface area contributed by atoms with E-state index in [0.29, 0.717) is 39.5 Å². The number of hydrogen-bond donors (Lipinski definition) is 1. The molecule has 4 aromatic rings. The highest BCUT2D eigenvalue weighted by molar-refractivity contribution is 6.02. The summed E-state index contributed by atoms with van der Waals surface area (Å²) < 4.78 is 17.0. The summed E-state index contributed by atoms with van der Waals surface area (Å²) in [4.78, 5) is 25.7. The lowest BCUT2D eigenvalue weighted by atomic mass is 10.1. The summed E-state index contributed by atoms with van der Waals surface area (Å²) in [5, 5.41) is 7.89. The fourth-order valence-corrected chi connectivity index (χ4v) is 3.40. The van der Waals surface area contributed by atoms with E-state index in [1.54, 1.807) is 75.9 Å². The minimum atomic E-state index is -0.251.